The zero-order chi connectivity index (χ0) is 14.5. The third-order valence-corrected chi connectivity index (χ3v) is 3.91. The Labute approximate surface area is 122 Å². The number of hydrogen-bond donors (Lipinski definition) is 2. The molecule has 2 N–H and O–H groups in total. The molecule has 1 unspecified atom stereocenters. The van der Waals surface area contributed by atoms with Crippen LogP contribution in [0.3, 0.4) is 0 Å². The second-order valence-corrected chi connectivity index (χ2v) is 5.35. The molecule has 6 heteroatoms. The highest BCUT2D eigenvalue weighted by atomic mass is 32.1. The van der Waals surface area contributed by atoms with Crippen molar-refractivity contribution in [2.45, 2.75) is 26.3 Å². The predicted molar refractivity (Wildman–Crippen MR) is 81.1 cm³/mol. The molecular weight excluding hydrogens is 272 g/mol. The molecule has 0 aliphatic rings. The first-order valence-electron chi connectivity index (χ1n) is 6.50. The third kappa shape index (κ3) is 3.14. The van der Waals surface area contributed by atoms with Crippen LogP contribution in [0.25, 0.3) is 0 Å². The molecule has 2 aromatic rings. The second-order valence-electron chi connectivity index (χ2n) is 4.43. The number of hydrogen-bond acceptors (Lipinski definition) is 5. The Morgan fingerprint density at radius 3 is 2.85 bits per heavy atom. The van der Waals surface area contributed by atoms with E-state index in [-0.39, 0.29) is 11.9 Å². The maximum absolute atomic E-state index is 12.4. The number of amides is 1. The van der Waals surface area contributed by atoms with E-state index in [1.54, 1.807) is 30.8 Å². The maximum Gasteiger partial charge on any atom is 0.255 e. The predicted octanol–water partition coefficient (Wildman–Crippen LogP) is 2.77. The van der Waals surface area contributed by atoms with Gasteiger partial charge >= 0.3 is 0 Å². The minimum atomic E-state index is -0.135. The molecule has 5 nitrogen and oxygen atoms in total. The van der Waals surface area contributed by atoms with Crippen LogP contribution in [0.1, 0.15) is 40.4 Å². The lowest BCUT2D eigenvalue weighted by Crippen LogP contribution is -2.28. The molecule has 106 valence electrons. The Morgan fingerprint density at radius 1 is 1.45 bits per heavy atom. The van der Waals surface area contributed by atoms with Crippen LogP contribution in [-0.4, -0.2) is 22.9 Å². The number of anilines is 1. The van der Waals surface area contributed by atoms with E-state index in [0.717, 1.165) is 22.8 Å². The highest BCUT2D eigenvalue weighted by molar-refractivity contribution is 7.09. The summed E-state index contributed by atoms with van der Waals surface area (Å²) >= 11 is 1.55. The van der Waals surface area contributed by atoms with Gasteiger partial charge in [0.05, 0.1) is 17.3 Å². The van der Waals surface area contributed by atoms with Crippen LogP contribution < -0.4 is 10.6 Å². The monoisotopic (exact) mass is 290 g/mol. The van der Waals surface area contributed by atoms with Crippen LogP contribution in [0.4, 0.5) is 5.69 Å². The van der Waals surface area contributed by atoms with Gasteiger partial charge in [0.15, 0.2) is 0 Å². The SMILES string of the molecule is CCC(NC(=O)c1cnc(C)cc1NC)c1nccs1. The summed E-state index contributed by atoms with van der Waals surface area (Å²) in [5, 5.41) is 8.87. The first-order chi connectivity index (χ1) is 9.65. The average molecular weight is 290 g/mol. The number of pyridine rings is 1. The van der Waals surface area contributed by atoms with Gasteiger partial charge in [-0.15, -0.1) is 11.3 Å². The number of aryl methyl sites for hydroxylation is 1. The molecule has 2 heterocycles. The van der Waals surface area contributed by atoms with Gasteiger partial charge in [-0.25, -0.2) is 4.98 Å². The molecule has 2 aromatic heterocycles. The van der Waals surface area contributed by atoms with Crippen molar-refractivity contribution in [1.82, 2.24) is 15.3 Å². The summed E-state index contributed by atoms with van der Waals surface area (Å²) in [6.45, 7) is 3.92. The minimum Gasteiger partial charge on any atom is -0.387 e. The largest absolute Gasteiger partial charge is 0.387 e. The lowest BCUT2D eigenvalue weighted by molar-refractivity contribution is 0.0936. The molecule has 1 amide bonds. The molecule has 20 heavy (non-hydrogen) atoms. The van der Waals surface area contributed by atoms with Gasteiger partial charge in [0.2, 0.25) is 0 Å². The minimum absolute atomic E-state index is 0.0616. The molecule has 0 saturated carbocycles. The summed E-state index contributed by atoms with van der Waals surface area (Å²) in [5.41, 5.74) is 2.20. The third-order valence-electron chi connectivity index (χ3n) is 3.02. The van der Waals surface area contributed by atoms with Crippen molar-refractivity contribution in [3.05, 3.63) is 40.1 Å². The number of nitrogens with one attached hydrogen (secondary N) is 2. The lowest BCUT2D eigenvalue weighted by atomic mass is 10.1. The van der Waals surface area contributed by atoms with Gasteiger partial charge in [-0.3, -0.25) is 9.78 Å². The van der Waals surface area contributed by atoms with Crippen LogP contribution in [0.2, 0.25) is 0 Å². The van der Waals surface area contributed by atoms with Crippen LogP contribution >= 0.6 is 11.3 Å². The Morgan fingerprint density at radius 2 is 2.25 bits per heavy atom. The Balaban J connectivity index is 2.19. The number of nitrogens with zero attached hydrogens (tertiary/aromatic N) is 2. The van der Waals surface area contributed by atoms with Gasteiger partial charge in [0.1, 0.15) is 5.01 Å². The summed E-state index contributed by atoms with van der Waals surface area (Å²) in [5.74, 6) is -0.135. The number of thiazole rings is 1. The highest BCUT2D eigenvalue weighted by Gasteiger charge is 2.18. The zero-order valence-corrected chi connectivity index (χ0v) is 12.6. The smallest absolute Gasteiger partial charge is 0.255 e. The van der Waals surface area contributed by atoms with Crippen molar-refractivity contribution < 1.29 is 4.79 Å². The van der Waals surface area contributed by atoms with E-state index in [1.807, 2.05) is 25.3 Å². The molecule has 0 aliphatic carbocycles. The standard InChI is InChI=1S/C14H18N4OS/c1-4-11(14-16-5-6-20-14)18-13(19)10-8-17-9(2)7-12(10)15-3/h5-8,11H,4H2,1-3H3,(H,15,17)(H,18,19). The van der Waals surface area contributed by atoms with E-state index in [2.05, 4.69) is 20.6 Å². The van der Waals surface area contributed by atoms with Crippen LogP contribution in [0.5, 0.6) is 0 Å². The van der Waals surface area contributed by atoms with Crippen molar-refractivity contribution >= 4 is 22.9 Å². The van der Waals surface area contributed by atoms with Crippen LogP contribution in [0.15, 0.2) is 23.8 Å². The normalized spacial score (nSPS) is 11.9. The van der Waals surface area contributed by atoms with E-state index >= 15 is 0 Å². The molecule has 1 atom stereocenters. The number of rotatable bonds is 5. The lowest BCUT2D eigenvalue weighted by Gasteiger charge is -2.16. The van der Waals surface area contributed by atoms with Crippen LogP contribution in [-0.2, 0) is 0 Å². The van der Waals surface area contributed by atoms with E-state index in [1.165, 1.54) is 0 Å². The maximum atomic E-state index is 12.4. The van der Waals surface area contributed by atoms with E-state index in [9.17, 15) is 4.79 Å². The van der Waals surface area contributed by atoms with E-state index in [4.69, 9.17) is 0 Å². The first-order valence-corrected chi connectivity index (χ1v) is 7.38. The van der Waals surface area contributed by atoms with Gasteiger partial charge in [-0.05, 0) is 19.4 Å². The molecule has 0 spiro atoms. The Hall–Kier alpha value is -1.95. The van der Waals surface area contributed by atoms with E-state index < -0.39 is 0 Å². The molecular formula is C14H18N4OS. The highest BCUT2D eigenvalue weighted by Crippen LogP contribution is 2.21. The van der Waals surface area contributed by atoms with Gasteiger partial charge < -0.3 is 10.6 Å². The number of aromatic nitrogens is 2. The molecule has 0 aliphatic heterocycles. The molecule has 0 bridgehead atoms. The fourth-order valence-corrected chi connectivity index (χ4v) is 2.70. The van der Waals surface area contributed by atoms with Gasteiger partial charge in [-0.2, -0.15) is 0 Å². The fourth-order valence-electron chi connectivity index (χ4n) is 1.93. The number of carbonyl (C=O) groups is 1. The zero-order valence-electron chi connectivity index (χ0n) is 11.8. The molecule has 0 saturated heterocycles. The average Bonchev–Trinajstić information content (AvgIpc) is 2.98. The summed E-state index contributed by atoms with van der Waals surface area (Å²) in [7, 11) is 1.80. The van der Waals surface area contributed by atoms with E-state index in [0.29, 0.717) is 5.56 Å². The van der Waals surface area contributed by atoms with Crippen molar-refractivity contribution in [1.29, 1.82) is 0 Å². The van der Waals surface area contributed by atoms with Crippen molar-refractivity contribution in [3.63, 3.8) is 0 Å². The first kappa shape index (κ1) is 14.5. The molecule has 0 radical (unpaired) electrons. The Kier molecular flexibility index (Phi) is 4.68. The van der Waals surface area contributed by atoms with Crippen molar-refractivity contribution in [2.24, 2.45) is 0 Å². The molecule has 2 rings (SSSR count). The second kappa shape index (κ2) is 6.47. The van der Waals surface area contributed by atoms with Crippen molar-refractivity contribution in [2.75, 3.05) is 12.4 Å². The summed E-state index contributed by atoms with van der Waals surface area (Å²) in [4.78, 5) is 20.8. The summed E-state index contributed by atoms with van der Waals surface area (Å²) in [6.07, 6.45) is 4.15. The van der Waals surface area contributed by atoms with Crippen molar-refractivity contribution in [3.8, 4) is 0 Å². The molecule has 0 aromatic carbocycles. The topological polar surface area (TPSA) is 66.9 Å². The summed E-state index contributed by atoms with van der Waals surface area (Å²) < 4.78 is 0. The Bertz CT molecular complexity index is 583. The quantitative estimate of drug-likeness (QED) is 0.888. The van der Waals surface area contributed by atoms with Gasteiger partial charge in [0, 0.05) is 30.5 Å². The fraction of sp³-hybridized carbons (Fsp3) is 0.357. The molecule has 0 fully saturated rings. The van der Waals surface area contributed by atoms with Crippen LogP contribution in [0, 0.1) is 6.92 Å². The van der Waals surface area contributed by atoms with Gasteiger partial charge in [0.25, 0.3) is 5.91 Å². The summed E-state index contributed by atoms with van der Waals surface area (Å²) in [6, 6.07) is 1.80. The number of carbonyl (C=O) groups excluding carboxylic acids is 1. The van der Waals surface area contributed by atoms with Gasteiger partial charge in [-0.1, -0.05) is 6.92 Å².